The number of hydrogen-bond donors (Lipinski definition) is 0. The fraction of sp³-hybridized carbons (Fsp3) is 0.667. The minimum atomic E-state index is 0.948. The zero-order valence-electron chi connectivity index (χ0n) is 5.61. The fourth-order valence-electron chi connectivity index (χ4n) is 0.533. The highest BCUT2D eigenvalue weighted by atomic mass is 35.5. The SMILES string of the molecule is CC(=CCl)CN(C)C. The van der Waals surface area contributed by atoms with E-state index >= 15 is 0 Å². The molecule has 48 valence electrons. The maximum absolute atomic E-state index is 5.41. The van der Waals surface area contributed by atoms with Gasteiger partial charge in [0.2, 0.25) is 0 Å². The smallest absolute Gasteiger partial charge is 0.0195 e. The van der Waals surface area contributed by atoms with Crippen LogP contribution in [-0.4, -0.2) is 25.5 Å². The molecule has 0 bridgehead atoms. The Morgan fingerprint density at radius 3 is 2.25 bits per heavy atom. The van der Waals surface area contributed by atoms with Crippen molar-refractivity contribution < 1.29 is 0 Å². The van der Waals surface area contributed by atoms with Crippen LogP contribution in [0.5, 0.6) is 0 Å². The second kappa shape index (κ2) is 3.93. The van der Waals surface area contributed by atoms with Crippen LogP contribution in [0, 0.1) is 0 Å². The van der Waals surface area contributed by atoms with Gasteiger partial charge in [-0.05, 0) is 26.6 Å². The maximum Gasteiger partial charge on any atom is 0.0195 e. The molecule has 0 saturated heterocycles. The molecule has 0 radical (unpaired) electrons. The van der Waals surface area contributed by atoms with E-state index in [0.29, 0.717) is 0 Å². The number of nitrogens with zero attached hydrogens (tertiary/aromatic N) is 1. The van der Waals surface area contributed by atoms with Gasteiger partial charge in [0.1, 0.15) is 0 Å². The van der Waals surface area contributed by atoms with Gasteiger partial charge in [0.15, 0.2) is 0 Å². The van der Waals surface area contributed by atoms with Crippen molar-refractivity contribution in [1.29, 1.82) is 0 Å². The van der Waals surface area contributed by atoms with Crippen LogP contribution >= 0.6 is 11.6 Å². The van der Waals surface area contributed by atoms with Gasteiger partial charge in [0.25, 0.3) is 0 Å². The van der Waals surface area contributed by atoms with E-state index < -0.39 is 0 Å². The summed E-state index contributed by atoms with van der Waals surface area (Å²) < 4.78 is 0. The van der Waals surface area contributed by atoms with Gasteiger partial charge in [-0.25, -0.2) is 0 Å². The quantitative estimate of drug-likeness (QED) is 0.554. The van der Waals surface area contributed by atoms with Gasteiger partial charge in [-0.3, -0.25) is 0 Å². The molecule has 0 aromatic carbocycles. The summed E-state index contributed by atoms with van der Waals surface area (Å²) in [6, 6.07) is 0. The summed E-state index contributed by atoms with van der Waals surface area (Å²) in [5.74, 6) is 0. The Morgan fingerprint density at radius 1 is 1.62 bits per heavy atom. The molecular formula is C6H12ClN. The molecule has 0 aliphatic carbocycles. The first kappa shape index (κ1) is 7.99. The third kappa shape index (κ3) is 4.16. The second-order valence-electron chi connectivity index (χ2n) is 2.19. The van der Waals surface area contributed by atoms with E-state index in [-0.39, 0.29) is 0 Å². The third-order valence-corrected chi connectivity index (χ3v) is 1.12. The van der Waals surface area contributed by atoms with E-state index in [2.05, 4.69) is 4.90 Å². The van der Waals surface area contributed by atoms with Gasteiger partial charge in [0.05, 0.1) is 0 Å². The summed E-state index contributed by atoms with van der Waals surface area (Å²) in [7, 11) is 4.04. The first-order valence-corrected chi connectivity index (χ1v) is 3.01. The average molecular weight is 134 g/mol. The van der Waals surface area contributed by atoms with Crippen molar-refractivity contribution in [2.24, 2.45) is 0 Å². The van der Waals surface area contributed by atoms with E-state index in [1.807, 2.05) is 21.0 Å². The van der Waals surface area contributed by atoms with E-state index in [1.165, 1.54) is 5.57 Å². The highest BCUT2D eigenvalue weighted by molar-refractivity contribution is 6.25. The third-order valence-electron chi connectivity index (χ3n) is 0.752. The number of hydrogen-bond acceptors (Lipinski definition) is 1. The monoisotopic (exact) mass is 133 g/mol. The molecule has 0 N–H and O–H groups in total. The fourth-order valence-corrected chi connectivity index (χ4v) is 0.602. The molecule has 0 saturated carbocycles. The Balaban J connectivity index is 3.39. The van der Waals surface area contributed by atoms with E-state index in [0.717, 1.165) is 6.54 Å². The van der Waals surface area contributed by atoms with Crippen molar-refractivity contribution >= 4 is 11.6 Å². The highest BCUT2D eigenvalue weighted by Gasteiger charge is 1.88. The summed E-state index contributed by atoms with van der Waals surface area (Å²) in [4.78, 5) is 2.08. The van der Waals surface area contributed by atoms with Crippen molar-refractivity contribution in [1.82, 2.24) is 4.90 Å². The Labute approximate surface area is 55.9 Å². The first-order valence-electron chi connectivity index (χ1n) is 2.57. The number of likely N-dealkylation sites (N-methyl/N-ethyl adjacent to an activating group) is 1. The topological polar surface area (TPSA) is 3.24 Å². The van der Waals surface area contributed by atoms with Crippen LogP contribution in [0.25, 0.3) is 0 Å². The largest absolute Gasteiger partial charge is 0.305 e. The zero-order valence-corrected chi connectivity index (χ0v) is 6.37. The zero-order chi connectivity index (χ0) is 6.57. The van der Waals surface area contributed by atoms with E-state index in [9.17, 15) is 0 Å². The van der Waals surface area contributed by atoms with Crippen molar-refractivity contribution in [3.8, 4) is 0 Å². The summed E-state index contributed by atoms with van der Waals surface area (Å²) in [6.07, 6.45) is 0. The van der Waals surface area contributed by atoms with E-state index in [1.54, 1.807) is 5.54 Å². The molecule has 1 nitrogen and oxygen atoms in total. The molecule has 0 atom stereocenters. The van der Waals surface area contributed by atoms with Crippen LogP contribution in [0.2, 0.25) is 0 Å². The number of halogens is 1. The van der Waals surface area contributed by atoms with Crippen molar-refractivity contribution in [2.45, 2.75) is 6.92 Å². The minimum Gasteiger partial charge on any atom is -0.305 e. The van der Waals surface area contributed by atoms with Crippen LogP contribution in [0.3, 0.4) is 0 Å². The summed E-state index contributed by atoms with van der Waals surface area (Å²) in [6.45, 7) is 2.95. The molecular weight excluding hydrogens is 122 g/mol. The van der Waals surface area contributed by atoms with Gasteiger partial charge in [-0.1, -0.05) is 11.6 Å². The predicted molar refractivity (Wildman–Crippen MR) is 38.2 cm³/mol. The molecule has 0 aliphatic rings. The molecule has 0 amide bonds. The molecule has 0 heterocycles. The van der Waals surface area contributed by atoms with Crippen molar-refractivity contribution in [3.05, 3.63) is 11.1 Å². The Hall–Kier alpha value is -0.0100. The van der Waals surface area contributed by atoms with Crippen molar-refractivity contribution in [2.75, 3.05) is 20.6 Å². The molecule has 0 spiro atoms. The lowest BCUT2D eigenvalue weighted by molar-refractivity contribution is 0.445. The Kier molecular flexibility index (Phi) is 3.92. The lowest BCUT2D eigenvalue weighted by Gasteiger charge is -2.07. The van der Waals surface area contributed by atoms with Crippen LogP contribution < -0.4 is 0 Å². The van der Waals surface area contributed by atoms with Gasteiger partial charge < -0.3 is 4.90 Å². The van der Waals surface area contributed by atoms with Crippen molar-refractivity contribution in [3.63, 3.8) is 0 Å². The lowest BCUT2D eigenvalue weighted by atomic mass is 10.3. The predicted octanol–water partition coefficient (Wildman–Crippen LogP) is 1.69. The van der Waals surface area contributed by atoms with Gasteiger partial charge >= 0.3 is 0 Å². The molecule has 0 unspecified atom stereocenters. The molecule has 0 aromatic heterocycles. The van der Waals surface area contributed by atoms with Gasteiger partial charge in [-0.15, -0.1) is 0 Å². The standard InChI is InChI=1S/C6H12ClN/c1-6(4-7)5-8(2)3/h4H,5H2,1-3H3. The van der Waals surface area contributed by atoms with Crippen LogP contribution in [-0.2, 0) is 0 Å². The van der Waals surface area contributed by atoms with Crippen LogP contribution in [0.4, 0.5) is 0 Å². The summed E-state index contributed by atoms with van der Waals surface area (Å²) in [5.41, 5.74) is 2.80. The van der Waals surface area contributed by atoms with Crippen LogP contribution in [0.15, 0.2) is 11.1 Å². The van der Waals surface area contributed by atoms with Crippen LogP contribution in [0.1, 0.15) is 6.92 Å². The van der Waals surface area contributed by atoms with Gasteiger partial charge in [0, 0.05) is 12.1 Å². The summed E-state index contributed by atoms with van der Waals surface area (Å²) in [5, 5.41) is 0. The highest BCUT2D eigenvalue weighted by Crippen LogP contribution is 1.94. The molecule has 2 heteroatoms. The molecule has 8 heavy (non-hydrogen) atoms. The minimum absolute atomic E-state index is 0.948. The number of rotatable bonds is 2. The molecule has 0 aliphatic heterocycles. The van der Waals surface area contributed by atoms with Gasteiger partial charge in [-0.2, -0.15) is 0 Å². The second-order valence-corrected chi connectivity index (χ2v) is 2.41. The summed E-state index contributed by atoms with van der Waals surface area (Å²) >= 11 is 5.41. The Bertz CT molecular complexity index is 86.5. The lowest BCUT2D eigenvalue weighted by Crippen LogP contribution is -2.13. The molecule has 0 fully saturated rings. The average Bonchev–Trinajstić information content (AvgIpc) is 1.65. The Morgan fingerprint density at radius 2 is 2.12 bits per heavy atom. The first-order chi connectivity index (χ1) is 3.66. The molecule has 0 aromatic rings. The normalized spacial score (nSPS) is 12.9. The maximum atomic E-state index is 5.41. The van der Waals surface area contributed by atoms with E-state index in [4.69, 9.17) is 11.6 Å². The molecule has 0 rings (SSSR count).